The molecule has 2 aromatic heterocycles. The molecule has 4 heteroatoms. The molecule has 2 aliphatic rings. The highest BCUT2D eigenvalue weighted by molar-refractivity contribution is 6.13. The van der Waals surface area contributed by atoms with E-state index in [-0.39, 0.29) is 11.3 Å². The maximum Gasteiger partial charge on any atom is 0.163 e. The Morgan fingerprint density at radius 2 is 1.21 bits per heavy atom. The summed E-state index contributed by atoms with van der Waals surface area (Å²) < 4.78 is 2.46. The SMILES string of the molecule is CC1(C)c2ccccc2-c2ccc3c4ccccc4n(-c4ccc(-c5nc(-c6ccc(-c7ccccc7)cc6)nc(C6C=CC=CC6)n5)cc4)c3c21. The highest BCUT2D eigenvalue weighted by atomic mass is 15.0. The fraction of sp³-hybridized carbons (Fsp3) is 0.104. The molecule has 4 nitrogen and oxygen atoms in total. The highest BCUT2D eigenvalue weighted by Crippen LogP contribution is 2.52. The van der Waals surface area contributed by atoms with Gasteiger partial charge in [0.15, 0.2) is 11.6 Å². The Balaban J connectivity index is 1.10. The number of para-hydroxylation sites is 1. The second-order valence-corrected chi connectivity index (χ2v) is 14.4. The third-order valence-electron chi connectivity index (χ3n) is 11.0. The van der Waals surface area contributed by atoms with E-state index in [1.807, 2.05) is 6.07 Å². The minimum Gasteiger partial charge on any atom is -0.309 e. The van der Waals surface area contributed by atoms with Crippen molar-refractivity contribution in [3.8, 4) is 50.7 Å². The van der Waals surface area contributed by atoms with Gasteiger partial charge in [0.1, 0.15) is 5.82 Å². The van der Waals surface area contributed by atoms with E-state index in [2.05, 4.69) is 176 Å². The zero-order valence-corrected chi connectivity index (χ0v) is 29.2. The lowest BCUT2D eigenvalue weighted by molar-refractivity contribution is 0.664. The quantitative estimate of drug-likeness (QED) is 0.183. The van der Waals surface area contributed by atoms with E-state index in [0.717, 1.165) is 34.6 Å². The van der Waals surface area contributed by atoms with E-state index in [1.165, 1.54) is 49.6 Å². The predicted molar refractivity (Wildman–Crippen MR) is 214 cm³/mol. The first-order valence-electron chi connectivity index (χ1n) is 18.1. The van der Waals surface area contributed by atoms with Crippen LogP contribution < -0.4 is 0 Å². The van der Waals surface area contributed by atoms with E-state index in [4.69, 9.17) is 15.0 Å². The Bertz CT molecular complexity index is 2710. The summed E-state index contributed by atoms with van der Waals surface area (Å²) in [6.45, 7) is 4.73. The number of aromatic nitrogens is 4. The van der Waals surface area contributed by atoms with Gasteiger partial charge in [0.05, 0.1) is 11.0 Å². The van der Waals surface area contributed by atoms with Crippen LogP contribution in [-0.2, 0) is 5.41 Å². The molecule has 8 aromatic rings. The normalized spacial score (nSPS) is 15.6. The summed E-state index contributed by atoms with van der Waals surface area (Å²) in [7, 11) is 0. The number of hydrogen-bond donors (Lipinski definition) is 0. The summed E-state index contributed by atoms with van der Waals surface area (Å²) >= 11 is 0. The molecule has 0 bridgehead atoms. The minimum atomic E-state index is -0.142. The van der Waals surface area contributed by atoms with E-state index in [1.54, 1.807) is 0 Å². The van der Waals surface area contributed by atoms with Crippen LogP contribution in [0.2, 0.25) is 0 Å². The van der Waals surface area contributed by atoms with Crippen LogP contribution in [0.5, 0.6) is 0 Å². The Kier molecular flexibility index (Phi) is 6.94. The van der Waals surface area contributed by atoms with E-state index in [0.29, 0.717) is 11.6 Å². The molecule has 0 amide bonds. The number of allylic oxidation sites excluding steroid dienone is 4. The molecule has 0 N–H and O–H groups in total. The van der Waals surface area contributed by atoms with Gasteiger partial charge in [0.25, 0.3) is 0 Å². The van der Waals surface area contributed by atoms with Gasteiger partial charge in [-0.2, -0.15) is 0 Å². The van der Waals surface area contributed by atoms with Crippen molar-refractivity contribution in [1.82, 2.24) is 19.5 Å². The summed E-state index contributed by atoms with van der Waals surface area (Å²) in [6, 6.07) is 50.0. The van der Waals surface area contributed by atoms with E-state index >= 15 is 0 Å². The third-order valence-corrected chi connectivity index (χ3v) is 11.0. The van der Waals surface area contributed by atoms with Gasteiger partial charge in [-0.3, -0.25) is 0 Å². The summed E-state index contributed by atoms with van der Waals surface area (Å²) in [6.07, 6.45) is 9.40. The number of nitrogens with zero attached hydrogens (tertiary/aromatic N) is 4. The molecule has 0 radical (unpaired) electrons. The van der Waals surface area contributed by atoms with Crippen LogP contribution in [0.15, 0.2) is 164 Å². The van der Waals surface area contributed by atoms with Crippen molar-refractivity contribution >= 4 is 21.8 Å². The van der Waals surface area contributed by atoms with Gasteiger partial charge in [-0.15, -0.1) is 0 Å². The number of rotatable bonds is 5. The van der Waals surface area contributed by atoms with Gasteiger partial charge in [0, 0.05) is 38.9 Å². The number of hydrogen-bond acceptors (Lipinski definition) is 3. The summed E-state index contributed by atoms with van der Waals surface area (Å²) in [4.78, 5) is 15.2. The molecule has 248 valence electrons. The average Bonchev–Trinajstić information content (AvgIpc) is 3.67. The molecule has 2 heterocycles. The Morgan fingerprint density at radius 3 is 1.96 bits per heavy atom. The first-order valence-corrected chi connectivity index (χ1v) is 18.1. The Labute approximate surface area is 303 Å². The molecule has 0 spiro atoms. The molecule has 6 aromatic carbocycles. The van der Waals surface area contributed by atoms with Crippen molar-refractivity contribution in [3.63, 3.8) is 0 Å². The van der Waals surface area contributed by atoms with Crippen LogP contribution in [-0.4, -0.2) is 19.5 Å². The van der Waals surface area contributed by atoms with Crippen molar-refractivity contribution in [2.45, 2.75) is 31.6 Å². The van der Waals surface area contributed by atoms with Crippen molar-refractivity contribution in [2.24, 2.45) is 0 Å². The van der Waals surface area contributed by atoms with Gasteiger partial charge in [0.2, 0.25) is 0 Å². The second kappa shape index (κ2) is 11.9. The van der Waals surface area contributed by atoms with Crippen LogP contribution in [0.1, 0.15) is 43.1 Å². The molecule has 0 fully saturated rings. The van der Waals surface area contributed by atoms with E-state index < -0.39 is 0 Å². The summed E-state index contributed by atoms with van der Waals surface area (Å²) in [5, 5.41) is 2.54. The molecule has 2 aliphatic carbocycles. The van der Waals surface area contributed by atoms with Crippen LogP contribution in [0.3, 0.4) is 0 Å². The zero-order valence-electron chi connectivity index (χ0n) is 29.2. The Hall–Kier alpha value is -6.39. The Morgan fingerprint density at radius 1 is 0.558 bits per heavy atom. The van der Waals surface area contributed by atoms with Crippen molar-refractivity contribution in [2.75, 3.05) is 0 Å². The average molecular weight is 669 g/mol. The lowest BCUT2D eigenvalue weighted by Crippen LogP contribution is -2.16. The van der Waals surface area contributed by atoms with Crippen molar-refractivity contribution in [1.29, 1.82) is 0 Å². The van der Waals surface area contributed by atoms with Crippen LogP contribution in [0.4, 0.5) is 0 Å². The summed E-state index contributed by atoms with van der Waals surface area (Å²) in [5.74, 6) is 2.25. The monoisotopic (exact) mass is 668 g/mol. The van der Waals surface area contributed by atoms with Crippen molar-refractivity contribution < 1.29 is 0 Å². The van der Waals surface area contributed by atoms with Crippen LogP contribution in [0, 0.1) is 0 Å². The highest BCUT2D eigenvalue weighted by Gasteiger charge is 2.38. The molecule has 52 heavy (non-hydrogen) atoms. The van der Waals surface area contributed by atoms with Gasteiger partial charge < -0.3 is 4.57 Å². The van der Waals surface area contributed by atoms with E-state index in [9.17, 15) is 0 Å². The molecule has 0 saturated carbocycles. The van der Waals surface area contributed by atoms with Crippen LogP contribution in [0.25, 0.3) is 72.5 Å². The zero-order chi connectivity index (χ0) is 34.8. The van der Waals surface area contributed by atoms with Gasteiger partial charge in [-0.25, -0.2) is 15.0 Å². The number of benzene rings is 6. The molecular formula is C48H36N4. The standard InChI is InChI=1S/C48H36N4/c1-48(2)41-19-11-9-17-37(41)39-29-30-40-38-18-10-12-20-42(38)52(44(40)43(39)48)36-27-25-35(26-28-36)47-50-45(33-15-7-4-8-16-33)49-46(51-47)34-23-21-32(22-24-34)31-13-5-3-6-14-31/h3-15,17-30,33H,16H2,1-2H3. The largest absolute Gasteiger partial charge is 0.309 e. The summed E-state index contributed by atoms with van der Waals surface area (Å²) in [5.41, 5.74) is 13.1. The van der Waals surface area contributed by atoms with Crippen LogP contribution >= 0.6 is 0 Å². The van der Waals surface area contributed by atoms with Gasteiger partial charge >= 0.3 is 0 Å². The fourth-order valence-corrected chi connectivity index (χ4v) is 8.37. The smallest absolute Gasteiger partial charge is 0.163 e. The fourth-order valence-electron chi connectivity index (χ4n) is 8.37. The first kappa shape index (κ1) is 30.4. The predicted octanol–water partition coefficient (Wildman–Crippen LogP) is 11.9. The van der Waals surface area contributed by atoms with Gasteiger partial charge in [-0.05, 0) is 70.1 Å². The minimum absolute atomic E-state index is 0.0977. The number of fused-ring (bicyclic) bond motifs is 7. The molecule has 10 rings (SSSR count). The molecule has 1 unspecified atom stereocenters. The maximum atomic E-state index is 5.09. The lowest BCUT2D eigenvalue weighted by atomic mass is 9.81. The first-order chi connectivity index (χ1) is 25.5. The van der Waals surface area contributed by atoms with Gasteiger partial charge in [-0.1, -0.05) is 147 Å². The van der Waals surface area contributed by atoms with Crippen molar-refractivity contribution in [3.05, 3.63) is 181 Å². The second-order valence-electron chi connectivity index (χ2n) is 14.4. The molecule has 1 atom stereocenters. The third kappa shape index (κ3) is 4.79. The molecule has 0 saturated heterocycles. The molecule has 0 aliphatic heterocycles. The maximum absolute atomic E-state index is 5.09. The topological polar surface area (TPSA) is 43.6 Å². The lowest BCUT2D eigenvalue weighted by Gasteiger charge is -2.23. The molecular weight excluding hydrogens is 633 g/mol.